The number of para-hydroxylation sites is 1. The Bertz CT molecular complexity index is 511. The van der Waals surface area contributed by atoms with Crippen LogP contribution in [0.25, 0.3) is 0 Å². The van der Waals surface area contributed by atoms with Crippen molar-refractivity contribution in [2.45, 2.75) is 18.2 Å². The lowest BCUT2D eigenvalue weighted by Gasteiger charge is -2.26. The highest BCUT2D eigenvalue weighted by atomic mass is 32.2. The van der Waals surface area contributed by atoms with Gasteiger partial charge in [0.25, 0.3) is 0 Å². The fourth-order valence-electron chi connectivity index (χ4n) is 2.02. The van der Waals surface area contributed by atoms with Crippen LogP contribution in [0.15, 0.2) is 29.2 Å². The van der Waals surface area contributed by atoms with E-state index < -0.39 is 10.0 Å². The van der Waals surface area contributed by atoms with Gasteiger partial charge >= 0.3 is 0 Å². The molecule has 1 heterocycles. The van der Waals surface area contributed by atoms with Crippen LogP contribution in [0.3, 0.4) is 0 Å². The van der Waals surface area contributed by atoms with Crippen molar-refractivity contribution in [2.75, 3.05) is 36.5 Å². The molecule has 0 radical (unpaired) electrons. The Morgan fingerprint density at radius 2 is 1.95 bits per heavy atom. The van der Waals surface area contributed by atoms with Crippen molar-refractivity contribution in [1.29, 1.82) is 0 Å². The summed E-state index contributed by atoms with van der Waals surface area (Å²) in [6, 6.07) is 7.17. The number of hydrogen-bond acceptors (Lipinski definition) is 4. The lowest BCUT2D eigenvalue weighted by molar-refractivity contribution is 0.444. The molecule has 0 amide bonds. The van der Waals surface area contributed by atoms with Gasteiger partial charge in [-0.05, 0) is 18.6 Å². The maximum atomic E-state index is 12.6. The van der Waals surface area contributed by atoms with E-state index in [1.54, 1.807) is 28.2 Å². The molecule has 4 nitrogen and oxygen atoms in total. The second-order valence-corrected chi connectivity index (χ2v) is 7.57. The molecule has 0 saturated carbocycles. The maximum absolute atomic E-state index is 12.6. The molecule has 1 aromatic carbocycles. The van der Waals surface area contributed by atoms with Gasteiger partial charge < -0.3 is 5.32 Å². The molecule has 0 bridgehead atoms. The van der Waals surface area contributed by atoms with Crippen LogP contribution in [0, 0.1) is 0 Å². The van der Waals surface area contributed by atoms with Gasteiger partial charge in [0.2, 0.25) is 10.0 Å². The Kier molecular flexibility index (Phi) is 5.13. The summed E-state index contributed by atoms with van der Waals surface area (Å²) in [6.45, 7) is 4.05. The Balaban J connectivity index is 2.28. The molecule has 1 N–H and O–H groups in total. The van der Waals surface area contributed by atoms with Crippen LogP contribution < -0.4 is 5.32 Å². The van der Waals surface area contributed by atoms with Crippen LogP contribution in [-0.2, 0) is 10.0 Å². The van der Waals surface area contributed by atoms with Crippen molar-refractivity contribution in [3.05, 3.63) is 24.3 Å². The van der Waals surface area contributed by atoms with Gasteiger partial charge in [-0.3, -0.25) is 0 Å². The molecule has 1 aromatic rings. The number of thioether (sulfide) groups is 1. The largest absolute Gasteiger partial charge is 0.384 e. The summed E-state index contributed by atoms with van der Waals surface area (Å²) in [4.78, 5) is 0.398. The zero-order valence-corrected chi connectivity index (χ0v) is 12.8. The molecule has 106 valence electrons. The zero-order valence-electron chi connectivity index (χ0n) is 11.1. The third kappa shape index (κ3) is 3.43. The van der Waals surface area contributed by atoms with Gasteiger partial charge in [0.15, 0.2) is 0 Å². The zero-order chi connectivity index (χ0) is 13.7. The molecule has 0 aromatic heterocycles. The van der Waals surface area contributed by atoms with Crippen molar-refractivity contribution >= 4 is 27.5 Å². The van der Waals surface area contributed by atoms with Crippen LogP contribution >= 0.6 is 11.8 Å². The van der Waals surface area contributed by atoms with Gasteiger partial charge in [-0.25, -0.2) is 8.42 Å². The van der Waals surface area contributed by atoms with E-state index in [9.17, 15) is 8.42 Å². The molecular formula is C13H20N2O2S2. The quantitative estimate of drug-likeness (QED) is 0.906. The lowest BCUT2D eigenvalue weighted by Crippen LogP contribution is -2.38. The SMILES string of the molecule is CCCNc1ccccc1S(=O)(=O)N1CCSCC1. The predicted octanol–water partition coefficient (Wildman–Crippen LogP) is 2.25. The van der Waals surface area contributed by atoms with Gasteiger partial charge in [-0.1, -0.05) is 19.1 Å². The van der Waals surface area contributed by atoms with Gasteiger partial charge in [-0.2, -0.15) is 16.1 Å². The van der Waals surface area contributed by atoms with E-state index in [2.05, 4.69) is 12.2 Å². The Morgan fingerprint density at radius 3 is 2.63 bits per heavy atom. The van der Waals surface area contributed by atoms with E-state index in [-0.39, 0.29) is 0 Å². The molecule has 0 unspecified atom stereocenters. The van der Waals surface area contributed by atoms with Crippen LogP contribution in [0.2, 0.25) is 0 Å². The third-order valence-corrected chi connectivity index (χ3v) is 5.94. The molecule has 2 rings (SSSR count). The highest BCUT2D eigenvalue weighted by molar-refractivity contribution is 7.99. The fraction of sp³-hybridized carbons (Fsp3) is 0.538. The number of benzene rings is 1. The van der Waals surface area contributed by atoms with Crippen molar-refractivity contribution in [2.24, 2.45) is 0 Å². The highest BCUT2D eigenvalue weighted by Crippen LogP contribution is 2.26. The molecule has 1 aliphatic heterocycles. The first-order chi connectivity index (χ1) is 9.16. The second kappa shape index (κ2) is 6.63. The van der Waals surface area contributed by atoms with Crippen molar-refractivity contribution in [3.63, 3.8) is 0 Å². The smallest absolute Gasteiger partial charge is 0.245 e. The topological polar surface area (TPSA) is 49.4 Å². The Morgan fingerprint density at radius 1 is 1.26 bits per heavy atom. The lowest BCUT2D eigenvalue weighted by atomic mass is 10.3. The summed E-state index contributed by atoms with van der Waals surface area (Å²) in [6.07, 6.45) is 0.967. The van der Waals surface area contributed by atoms with Crippen LogP contribution in [0.1, 0.15) is 13.3 Å². The third-order valence-electron chi connectivity index (χ3n) is 3.04. The monoisotopic (exact) mass is 300 g/mol. The second-order valence-electron chi connectivity index (χ2n) is 4.44. The number of nitrogens with zero attached hydrogens (tertiary/aromatic N) is 1. The molecule has 0 spiro atoms. The number of anilines is 1. The summed E-state index contributed by atoms with van der Waals surface area (Å²) >= 11 is 1.81. The highest BCUT2D eigenvalue weighted by Gasteiger charge is 2.27. The van der Waals surface area contributed by atoms with Gasteiger partial charge in [-0.15, -0.1) is 0 Å². The van der Waals surface area contributed by atoms with Gasteiger partial charge in [0.05, 0.1) is 5.69 Å². The average molecular weight is 300 g/mol. The van der Waals surface area contributed by atoms with Crippen LogP contribution in [-0.4, -0.2) is 43.9 Å². The molecule has 1 fully saturated rings. The van der Waals surface area contributed by atoms with Crippen molar-refractivity contribution < 1.29 is 8.42 Å². The first-order valence-corrected chi connectivity index (χ1v) is 9.16. The molecule has 0 atom stereocenters. The Hall–Kier alpha value is -0.720. The summed E-state index contributed by atoms with van der Waals surface area (Å²) in [5, 5.41) is 3.20. The minimum absolute atomic E-state index is 0.398. The summed E-state index contributed by atoms with van der Waals surface area (Å²) in [5.74, 6) is 1.76. The fourth-order valence-corrected chi connectivity index (χ4v) is 4.77. The van der Waals surface area contributed by atoms with E-state index in [4.69, 9.17) is 0 Å². The normalized spacial score (nSPS) is 17.3. The number of rotatable bonds is 5. The van der Waals surface area contributed by atoms with E-state index >= 15 is 0 Å². The van der Waals surface area contributed by atoms with Gasteiger partial charge in [0, 0.05) is 31.1 Å². The minimum Gasteiger partial charge on any atom is -0.384 e. The predicted molar refractivity (Wildman–Crippen MR) is 81.3 cm³/mol. The van der Waals surface area contributed by atoms with Crippen molar-refractivity contribution in [1.82, 2.24) is 4.31 Å². The Labute approximate surface area is 119 Å². The van der Waals surface area contributed by atoms with Crippen LogP contribution in [0.4, 0.5) is 5.69 Å². The molecular weight excluding hydrogens is 280 g/mol. The van der Waals surface area contributed by atoms with Crippen LogP contribution in [0.5, 0.6) is 0 Å². The van der Waals surface area contributed by atoms with E-state index in [1.165, 1.54) is 0 Å². The minimum atomic E-state index is -3.37. The molecule has 6 heteroatoms. The van der Waals surface area contributed by atoms with E-state index in [1.807, 2.05) is 12.1 Å². The maximum Gasteiger partial charge on any atom is 0.245 e. The molecule has 19 heavy (non-hydrogen) atoms. The number of hydrogen-bond donors (Lipinski definition) is 1. The first kappa shape index (κ1) is 14.7. The molecule has 1 aliphatic rings. The average Bonchev–Trinajstić information content (AvgIpc) is 2.46. The van der Waals surface area contributed by atoms with Crippen molar-refractivity contribution in [3.8, 4) is 0 Å². The van der Waals surface area contributed by atoms with E-state index in [0.717, 1.165) is 24.5 Å². The molecule has 1 saturated heterocycles. The van der Waals surface area contributed by atoms with Gasteiger partial charge in [0.1, 0.15) is 4.90 Å². The summed E-state index contributed by atoms with van der Waals surface area (Å²) in [7, 11) is -3.37. The number of nitrogens with one attached hydrogen (secondary N) is 1. The molecule has 0 aliphatic carbocycles. The number of sulfonamides is 1. The summed E-state index contributed by atoms with van der Waals surface area (Å²) in [5.41, 5.74) is 0.711. The summed E-state index contributed by atoms with van der Waals surface area (Å²) < 4.78 is 26.9. The van der Waals surface area contributed by atoms with E-state index in [0.29, 0.717) is 23.7 Å². The standard InChI is InChI=1S/C13H20N2O2S2/c1-2-7-14-12-5-3-4-6-13(12)19(16,17)15-8-10-18-11-9-15/h3-6,14H,2,7-11H2,1H3. The first-order valence-electron chi connectivity index (χ1n) is 6.57.